The maximum atomic E-state index is 13.0. The van der Waals surface area contributed by atoms with Crippen LogP contribution in [-0.4, -0.2) is 33.9 Å². The van der Waals surface area contributed by atoms with Crippen LogP contribution in [-0.2, 0) is 6.42 Å². The summed E-state index contributed by atoms with van der Waals surface area (Å²) in [7, 11) is 0. The summed E-state index contributed by atoms with van der Waals surface area (Å²) in [4.78, 5) is 24.7. The monoisotopic (exact) mass is 391 g/mol. The van der Waals surface area contributed by atoms with E-state index in [0.717, 1.165) is 53.6 Å². The quantitative estimate of drug-likeness (QED) is 0.615. The fourth-order valence-corrected chi connectivity index (χ4v) is 4.79. The largest absolute Gasteiger partial charge is 0.338 e. The van der Waals surface area contributed by atoms with Crippen molar-refractivity contribution in [2.24, 2.45) is 5.92 Å². The Morgan fingerprint density at radius 1 is 1.11 bits per heavy atom. The Morgan fingerprint density at radius 2 is 1.86 bits per heavy atom. The molecule has 28 heavy (non-hydrogen) atoms. The molecule has 1 aliphatic heterocycles. The number of nitrogens with zero attached hydrogens (tertiary/aromatic N) is 3. The van der Waals surface area contributed by atoms with Gasteiger partial charge in [-0.3, -0.25) is 9.78 Å². The minimum absolute atomic E-state index is 0.124. The van der Waals surface area contributed by atoms with Crippen LogP contribution in [0.5, 0.6) is 0 Å². The summed E-state index contributed by atoms with van der Waals surface area (Å²) in [5, 5.41) is 0.819. The second-order valence-corrected chi connectivity index (χ2v) is 8.41. The average Bonchev–Trinajstić information content (AvgIpc) is 3.15. The number of pyridine rings is 1. The molecule has 4 nitrogen and oxygen atoms in total. The number of carbonyl (C=O) groups excluding carboxylic acids is 1. The van der Waals surface area contributed by atoms with E-state index in [1.807, 2.05) is 30.0 Å². The standard InChI is InChI=1S/C23H25N3OS/c1-17-21(28-22(25-17)20-9-5-6-14-24-20)23(27)26-15-12-19(13-16-26)11-10-18-7-3-2-4-8-18/h2-9,14,19H,10-13,15-16H2,1H3. The third-order valence-electron chi connectivity index (χ3n) is 5.46. The molecule has 1 saturated heterocycles. The zero-order valence-electron chi connectivity index (χ0n) is 16.2. The lowest BCUT2D eigenvalue weighted by atomic mass is 9.90. The van der Waals surface area contributed by atoms with Gasteiger partial charge in [-0.15, -0.1) is 11.3 Å². The summed E-state index contributed by atoms with van der Waals surface area (Å²) >= 11 is 1.46. The van der Waals surface area contributed by atoms with Crippen LogP contribution in [0.1, 0.15) is 40.2 Å². The number of thiazole rings is 1. The third-order valence-corrected chi connectivity index (χ3v) is 6.63. The number of likely N-dealkylation sites (tertiary alicyclic amines) is 1. The van der Waals surface area contributed by atoms with Gasteiger partial charge in [-0.2, -0.15) is 0 Å². The van der Waals surface area contributed by atoms with Crippen LogP contribution >= 0.6 is 11.3 Å². The Hall–Kier alpha value is -2.53. The number of hydrogen-bond donors (Lipinski definition) is 0. The molecule has 0 spiro atoms. The molecule has 0 radical (unpaired) electrons. The second-order valence-electron chi connectivity index (χ2n) is 7.41. The fraction of sp³-hybridized carbons (Fsp3) is 0.348. The Labute approximate surface area is 170 Å². The highest BCUT2D eigenvalue weighted by atomic mass is 32.1. The van der Waals surface area contributed by atoms with Crippen molar-refractivity contribution < 1.29 is 4.79 Å². The number of aryl methyl sites for hydroxylation is 2. The number of benzene rings is 1. The average molecular weight is 392 g/mol. The molecule has 0 saturated carbocycles. The molecular weight excluding hydrogens is 366 g/mol. The van der Waals surface area contributed by atoms with Gasteiger partial charge in [0.25, 0.3) is 5.91 Å². The van der Waals surface area contributed by atoms with Gasteiger partial charge in [0.2, 0.25) is 0 Å². The summed E-state index contributed by atoms with van der Waals surface area (Å²) < 4.78 is 0. The Balaban J connectivity index is 1.35. The minimum Gasteiger partial charge on any atom is -0.338 e. The zero-order valence-corrected chi connectivity index (χ0v) is 17.0. The van der Waals surface area contributed by atoms with Gasteiger partial charge in [-0.05, 0) is 56.2 Å². The molecule has 0 N–H and O–H groups in total. The van der Waals surface area contributed by atoms with Crippen molar-refractivity contribution in [1.82, 2.24) is 14.9 Å². The molecule has 4 rings (SSSR count). The van der Waals surface area contributed by atoms with Crippen molar-refractivity contribution in [3.8, 4) is 10.7 Å². The zero-order chi connectivity index (χ0) is 19.3. The van der Waals surface area contributed by atoms with Crippen molar-refractivity contribution in [2.45, 2.75) is 32.6 Å². The number of piperidine rings is 1. The van der Waals surface area contributed by atoms with Crippen molar-refractivity contribution in [3.63, 3.8) is 0 Å². The highest BCUT2D eigenvalue weighted by Gasteiger charge is 2.26. The van der Waals surface area contributed by atoms with Crippen LogP contribution in [0.15, 0.2) is 54.7 Å². The normalized spacial score (nSPS) is 15.0. The van der Waals surface area contributed by atoms with Gasteiger partial charge in [0.15, 0.2) is 0 Å². The molecule has 0 aliphatic carbocycles. The molecule has 0 bridgehead atoms. The predicted octanol–water partition coefficient (Wildman–Crippen LogP) is 5.00. The van der Waals surface area contributed by atoms with E-state index in [1.165, 1.54) is 23.3 Å². The Morgan fingerprint density at radius 3 is 2.57 bits per heavy atom. The maximum absolute atomic E-state index is 13.0. The molecule has 1 aliphatic rings. The van der Waals surface area contributed by atoms with Crippen molar-refractivity contribution in [2.75, 3.05) is 13.1 Å². The van der Waals surface area contributed by atoms with E-state index in [2.05, 4.69) is 40.3 Å². The van der Waals surface area contributed by atoms with E-state index in [1.54, 1.807) is 6.20 Å². The Bertz CT molecular complexity index is 916. The smallest absolute Gasteiger partial charge is 0.265 e. The highest BCUT2D eigenvalue weighted by Crippen LogP contribution is 2.29. The lowest BCUT2D eigenvalue weighted by Gasteiger charge is -2.32. The van der Waals surface area contributed by atoms with Crippen LogP contribution < -0.4 is 0 Å². The fourth-order valence-electron chi connectivity index (χ4n) is 3.78. The lowest BCUT2D eigenvalue weighted by Crippen LogP contribution is -2.38. The van der Waals surface area contributed by atoms with E-state index in [4.69, 9.17) is 0 Å². The van der Waals surface area contributed by atoms with Gasteiger partial charge in [-0.25, -0.2) is 4.98 Å². The molecule has 1 fully saturated rings. The SMILES string of the molecule is Cc1nc(-c2ccccn2)sc1C(=O)N1CCC(CCc2ccccc2)CC1. The molecule has 144 valence electrons. The molecule has 5 heteroatoms. The molecule has 3 aromatic rings. The van der Waals surface area contributed by atoms with Gasteiger partial charge in [-0.1, -0.05) is 36.4 Å². The van der Waals surface area contributed by atoms with Crippen LogP contribution in [0, 0.1) is 12.8 Å². The number of carbonyl (C=O) groups is 1. The summed E-state index contributed by atoms with van der Waals surface area (Å²) in [6.45, 7) is 3.60. The van der Waals surface area contributed by atoms with Crippen LogP contribution in [0.25, 0.3) is 10.7 Å². The first-order chi connectivity index (χ1) is 13.7. The number of aromatic nitrogens is 2. The summed E-state index contributed by atoms with van der Waals surface area (Å²) in [5.74, 6) is 0.828. The summed E-state index contributed by atoms with van der Waals surface area (Å²) in [6, 6.07) is 16.4. The topological polar surface area (TPSA) is 46.1 Å². The predicted molar refractivity (Wildman–Crippen MR) is 113 cm³/mol. The number of hydrogen-bond acceptors (Lipinski definition) is 4. The van der Waals surface area contributed by atoms with Crippen molar-refractivity contribution in [3.05, 3.63) is 70.9 Å². The molecule has 1 amide bonds. The van der Waals surface area contributed by atoms with Gasteiger partial charge in [0.05, 0.1) is 11.4 Å². The minimum atomic E-state index is 0.124. The first kappa shape index (κ1) is 18.8. The molecule has 2 aromatic heterocycles. The lowest BCUT2D eigenvalue weighted by molar-refractivity contribution is 0.0691. The number of amides is 1. The molecular formula is C23H25N3OS. The van der Waals surface area contributed by atoms with Crippen LogP contribution in [0.2, 0.25) is 0 Å². The molecule has 0 atom stereocenters. The van der Waals surface area contributed by atoms with E-state index in [0.29, 0.717) is 5.92 Å². The van der Waals surface area contributed by atoms with Crippen LogP contribution in [0.3, 0.4) is 0 Å². The van der Waals surface area contributed by atoms with Crippen molar-refractivity contribution in [1.29, 1.82) is 0 Å². The first-order valence-electron chi connectivity index (χ1n) is 9.93. The third kappa shape index (κ3) is 4.30. The number of rotatable bonds is 5. The van der Waals surface area contributed by atoms with Crippen molar-refractivity contribution >= 4 is 17.2 Å². The van der Waals surface area contributed by atoms with E-state index < -0.39 is 0 Å². The molecule has 1 aromatic carbocycles. The molecule has 3 heterocycles. The summed E-state index contributed by atoms with van der Waals surface area (Å²) in [6.07, 6.45) is 6.26. The van der Waals surface area contributed by atoms with E-state index >= 15 is 0 Å². The first-order valence-corrected chi connectivity index (χ1v) is 10.7. The van der Waals surface area contributed by atoms with Gasteiger partial charge in [0.1, 0.15) is 9.88 Å². The van der Waals surface area contributed by atoms with E-state index in [9.17, 15) is 4.79 Å². The summed E-state index contributed by atoms with van der Waals surface area (Å²) in [5.41, 5.74) is 3.04. The van der Waals surface area contributed by atoms with Crippen LogP contribution in [0.4, 0.5) is 0 Å². The second kappa shape index (κ2) is 8.65. The van der Waals surface area contributed by atoms with Gasteiger partial charge in [0, 0.05) is 19.3 Å². The van der Waals surface area contributed by atoms with E-state index in [-0.39, 0.29) is 5.91 Å². The van der Waals surface area contributed by atoms with Gasteiger partial charge >= 0.3 is 0 Å². The molecule has 0 unspecified atom stereocenters. The van der Waals surface area contributed by atoms with Gasteiger partial charge < -0.3 is 4.90 Å². The Kier molecular flexibility index (Phi) is 5.81. The maximum Gasteiger partial charge on any atom is 0.265 e. The highest BCUT2D eigenvalue weighted by molar-refractivity contribution is 7.17.